The van der Waals surface area contributed by atoms with Crippen LogP contribution >= 0.6 is 11.8 Å². The molecule has 182 valence electrons. The van der Waals surface area contributed by atoms with Crippen molar-refractivity contribution in [2.45, 2.75) is 30.9 Å². The smallest absolute Gasteiger partial charge is 0.337 e. The standard InChI is InChI=1S/C26H32N2O5S/c1-5-20-6-8-21(9-7-20)18-31-24(29)19-32-33-27-25(22-10-12-23(34-4)13-11-22)26(2,3)28-14-16-30-17-15-28/h5-13H,1,14-19H2,2-4H3/b27-25-. The maximum Gasteiger partial charge on any atom is 0.337 e. The normalized spacial score (nSPS) is 15.1. The number of carbonyl (C=O) groups excluding carboxylic acids is 1. The largest absolute Gasteiger partial charge is 0.459 e. The lowest BCUT2D eigenvalue weighted by Crippen LogP contribution is -2.54. The summed E-state index contributed by atoms with van der Waals surface area (Å²) in [7, 11) is 0. The number of nitrogens with zero attached hydrogens (tertiary/aromatic N) is 2. The predicted molar refractivity (Wildman–Crippen MR) is 135 cm³/mol. The molecule has 1 fully saturated rings. The highest BCUT2D eigenvalue weighted by Crippen LogP contribution is 2.25. The molecule has 0 amide bonds. The second kappa shape index (κ2) is 12.7. The number of ether oxygens (including phenoxy) is 2. The minimum Gasteiger partial charge on any atom is -0.459 e. The molecule has 0 radical (unpaired) electrons. The van der Waals surface area contributed by atoms with Crippen molar-refractivity contribution < 1.29 is 24.1 Å². The molecule has 1 aliphatic heterocycles. The van der Waals surface area contributed by atoms with Gasteiger partial charge in [-0.15, -0.1) is 11.8 Å². The summed E-state index contributed by atoms with van der Waals surface area (Å²) < 4.78 is 10.7. The second-order valence-electron chi connectivity index (χ2n) is 8.27. The lowest BCUT2D eigenvalue weighted by Gasteiger charge is -2.41. The van der Waals surface area contributed by atoms with Gasteiger partial charge in [0.2, 0.25) is 0 Å². The maximum atomic E-state index is 12.1. The molecular formula is C26H32N2O5S. The van der Waals surface area contributed by atoms with Gasteiger partial charge in [-0.25, -0.2) is 9.78 Å². The van der Waals surface area contributed by atoms with Gasteiger partial charge in [-0.2, -0.15) is 4.89 Å². The van der Waals surface area contributed by atoms with Crippen molar-refractivity contribution in [3.8, 4) is 0 Å². The van der Waals surface area contributed by atoms with Crippen LogP contribution in [0.5, 0.6) is 0 Å². The summed E-state index contributed by atoms with van der Waals surface area (Å²) in [6.45, 7) is 10.6. The second-order valence-corrected chi connectivity index (χ2v) is 9.15. The fourth-order valence-corrected chi connectivity index (χ4v) is 4.04. The number of rotatable bonds is 11. The van der Waals surface area contributed by atoms with E-state index in [1.807, 2.05) is 54.8 Å². The summed E-state index contributed by atoms with van der Waals surface area (Å²) in [6.07, 6.45) is 3.79. The van der Waals surface area contributed by atoms with Gasteiger partial charge in [0.1, 0.15) is 12.3 Å². The molecule has 0 bridgehead atoms. The van der Waals surface area contributed by atoms with E-state index in [2.05, 4.69) is 30.5 Å². The molecular weight excluding hydrogens is 452 g/mol. The highest BCUT2D eigenvalue weighted by molar-refractivity contribution is 7.98. The minimum atomic E-state index is -0.540. The van der Waals surface area contributed by atoms with Gasteiger partial charge in [0, 0.05) is 23.5 Å². The molecule has 0 unspecified atom stereocenters. The van der Waals surface area contributed by atoms with Crippen LogP contribution in [0.2, 0.25) is 0 Å². The van der Waals surface area contributed by atoms with E-state index in [1.54, 1.807) is 17.8 Å². The summed E-state index contributed by atoms with van der Waals surface area (Å²) in [5, 5.41) is 4.29. The SMILES string of the molecule is C=Cc1ccc(COC(=O)COO/N=C(/c2ccc(SC)cc2)C(C)(C)N2CCOCC2)cc1. The molecule has 34 heavy (non-hydrogen) atoms. The van der Waals surface area contributed by atoms with E-state index in [0.717, 1.165) is 34.7 Å². The van der Waals surface area contributed by atoms with Crippen molar-refractivity contribution in [2.24, 2.45) is 5.16 Å². The quantitative estimate of drug-likeness (QED) is 0.116. The molecule has 0 atom stereocenters. The van der Waals surface area contributed by atoms with Gasteiger partial charge >= 0.3 is 5.97 Å². The Hall–Kier alpha value is -2.65. The van der Waals surface area contributed by atoms with Gasteiger partial charge in [0.05, 0.1) is 18.8 Å². The molecule has 0 spiro atoms. The van der Waals surface area contributed by atoms with Gasteiger partial charge in [0.25, 0.3) is 0 Å². The van der Waals surface area contributed by atoms with Crippen molar-refractivity contribution in [1.29, 1.82) is 0 Å². The monoisotopic (exact) mass is 484 g/mol. The fourth-order valence-electron chi connectivity index (χ4n) is 3.63. The Morgan fingerprint density at radius 2 is 1.82 bits per heavy atom. The molecule has 0 aliphatic carbocycles. The van der Waals surface area contributed by atoms with E-state index in [9.17, 15) is 4.79 Å². The molecule has 2 aromatic rings. The first kappa shape index (κ1) is 26.0. The summed E-state index contributed by atoms with van der Waals surface area (Å²) in [4.78, 5) is 25.7. The first-order valence-electron chi connectivity index (χ1n) is 11.2. The van der Waals surface area contributed by atoms with Crippen molar-refractivity contribution in [3.63, 3.8) is 0 Å². The van der Waals surface area contributed by atoms with Gasteiger partial charge in [0.15, 0.2) is 6.61 Å². The van der Waals surface area contributed by atoms with E-state index >= 15 is 0 Å². The van der Waals surface area contributed by atoms with Crippen molar-refractivity contribution in [1.82, 2.24) is 4.90 Å². The molecule has 1 saturated heterocycles. The summed E-state index contributed by atoms with van der Waals surface area (Å²) in [6, 6.07) is 15.7. The number of thioether (sulfide) groups is 1. The lowest BCUT2D eigenvalue weighted by atomic mass is 9.90. The topological polar surface area (TPSA) is 69.6 Å². The van der Waals surface area contributed by atoms with Crippen LogP contribution in [-0.2, 0) is 30.8 Å². The average molecular weight is 485 g/mol. The number of carbonyl (C=O) groups is 1. The van der Waals surface area contributed by atoms with Crippen LogP contribution in [0.4, 0.5) is 0 Å². The first-order valence-corrected chi connectivity index (χ1v) is 12.4. The Morgan fingerprint density at radius 3 is 2.44 bits per heavy atom. The number of benzene rings is 2. The van der Waals surface area contributed by atoms with E-state index in [-0.39, 0.29) is 13.2 Å². The Labute approximate surface area is 205 Å². The molecule has 7 nitrogen and oxygen atoms in total. The molecule has 2 aromatic carbocycles. The van der Waals surface area contributed by atoms with E-state index in [0.29, 0.717) is 18.9 Å². The van der Waals surface area contributed by atoms with E-state index < -0.39 is 11.5 Å². The van der Waals surface area contributed by atoms with Gasteiger partial charge in [-0.3, -0.25) is 4.90 Å². The average Bonchev–Trinajstić information content (AvgIpc) is 2.88. The molecule has 0 aromatic heterocycles. The maximum absolute atomic E-state index is 12.1. The summed E-state index contributed by atoms with van der Waals surface area (Å²) in [5.41, 5.74) is 3.07. The Kier molecular flexibility index (Phi) is 9.71. The third kappa shape index (κ3) is 7.17. The summed E-state index contributed by atoms with van der Waals surface area (Å²) in [5.74, 6) is -0.540. The minimum absolute atomic E-state index is 0.153. The predicted octanol–water partition coefficient (Wildman–Crippen LogP) is 4.56. The van der Waals surface area contributed by atoms with Crippen molar-refractivity contribution in [3.05, 3.63) is 71.8 Å². The molecule has 0 N–H and O–H groups in total. The fraction of sp³-hybridized carbons (Fsp3) is 0.385. The van der Waals surface area contributed by atoms with Crippen LogP contribution in [0.3, 0.4) is 0 Å². The number of morpholine rings is 1. The summed E-state index contributed by atoms with van der Waals surface area (Å²) >= 11 is 1.68. The first-order chi connectivity index (χ1) is 16.4. The van der Waals surface area contributed by atoms with E-state index in [1.165, 1.54) is 0 Å². The zero-order chi connectivity index (χ0) is 24.4. The van der Waals surface area contributed by atoms with Crippen LogP contribution in [0.1, 0.15) is 30.5 Å². The van der Waals surface area contributed by atoms with Gasteiger partial charge in [-0.1, -0.05) is 49.1 Å². The number of esters is 1. The van der Waals surface area contributed by atoms with Crippen LogP contribution < -0.4 is 0 Å². The molecule has 0 saturated carbocycles. The Balaban J connectivity index is 1.61. The Morgan fingerprint density at radius 1 is 1.15 bits per heavy atom. The number of oxime groups is 1. The molecule has 1 heterocycles. The third-order valence-corrected chi connectivity index (χ3v) is 6.46. The molecule has 1 aliphatic rings. The van der Waals surface area contributed by atoms with Crippen LogP contribution in [-0.4, -0.2) is 61.3 Å². The van der Waals surface area contributed by atoms with Crippen LogP contribution in [0.15, 0.2) is 65.2 Å². The zero-order valence-corrected chi connectivity index (χ0v) is 20.8. The van der Waals surface area contributed by atoms with Gasteiger partial charge < -0.3 is 9.47 Å². The highest BCUT2D eigenvalue weighted by atomic mass is 32.2. The van der Waals surface area contributed by atoms with Crippen LogP contribution in [0, 0.1) is 0 Å². The van der Waals surface area contributed by atoms with Gasteiger partial charge in [-0.05, 0) is 48.5 Å². The van der Waals surface area contributed by atoms with E-state index in [4.69, 9.17) is 19.3 Å². The molecule has 8 heteroatoms. The van der Waals surface area contributed by atoms with Crippen molar-refractivity contribution in [2.75, 3.05) is 39.2 Å². The highest BCUT2D eigenvalue weighted by Gasteiger charge is 2.35. The number of hydrogen-bond acceptors (Lipinski definition) is 8. The number of hydrogen-bond donors (Lipinski definition) is 0. The Bertz CT molecular complexity index is 968. The lowest BCUT2D eigenvalue weighted by molar-refractivity contribution is -0.294. The third-order valence-electron chi connectivity index (χ3n) is 5.72. The van der Waals surface area contributed by atoms with Crippen LogP contribution in [0.25, 0.3) is 6.08 Å². The zero-order valence-electron chi connectivity index (χ0n) is 20.0. The van der Waals surface area contributed by atoms with Crippen molar-refractivity contribution >= 4 is 29.5 Å². The molecule has 3 rings (SSSR count).